The summed E-state index contributed by atoms with van der Waals surface area (Å²) in [5.74, 6) is -0.401. The number of carbonyl (C=O) groups is 3. The molecule has 1 saturated carbocycles. The number of rotatable bonds is 8. The van der Waals surface area contributed by atoms with E-state index in [2.05, 4.69) is 10.6 Å². The molecule has 2 amide bonds. The Bertz CT molecular complexity index is 857. The van der Waals surface area contributed by atoms with E-state index in [-0.39, 0.29) is 17.7 Å². The zero-order valence-electron chi connectivity index (χ0n) is 15.9. The van der Waals surface area contributed by atoms with Gasteiger partial charge >= 0.3 is 5.97 Å². The van der Waals surface area contributed by atoms with Crippen molar-refractivity contribution < 1.29 is 19.1 Å². The van der Waals surface area contributed by atoms with Crippen LogP contribution in [-0.4, -0.2) is 24.4 Å². The van der Waals surface area contributed by atoms with Gasteiger partial charge in [-0.15, -0.1) is 0 Å². The lowest BCUT2D eigenvalue weighted by Crippen LogP contribution is -2.24. The van der Waals surface area contributed by atoms with Crippen LogP contribution in [0.4, 0.5) is 5.69 Å². The Balaban J connectivity index is 1.56. The van der Waals surface area contributed by atoms with Gasteiger partial charge in [0.05, 0.1) is 12.2 Å². The minimum Gasteiger partial charge on any atom is -0.462 e. The molecule has 1 aliphatic carbocycles. The Kier molecular flexibility index (Phi) is 6.42. The second-order valence-corrected chi connectivity index (χ2v) is 6.86. The van der Waals surface area contributed by atoms with E-state index < -0.39 is 5.97 Å². The minimum atomic E-state index is -0.407. The molecule has 0 radical (unpaired) electrons. The summed E-state index contributed by atoms with van der Waals surface area (Å²) >= 11 is 0. The van der Waals surface area contributed by atoms with Crippen LogP contribution < -0.4 is 10.6 Å². The van der Waals surface area contributed by atoms with Crippen molar-refractivity contribution in [2.24, 2.45) is 5.92 Å². The van der Waals surface area contributed by atoms with Gasteiger partial charge in [-0.3, -0.25) is 9.59 Å². The molecule has 2 N–H and O–H groups in total. The fraction of sp³-hybridized carbons (Fsp3) is 0.318. The molecule has 1 fully saturated rings. The summed E-state index contributed by atoms with van der Waals surface area (Å²) in [5.41, 5.74) is 2.35. The third-order valence-electron chi connectivity index (χ3n) is 4.42. The van der Waals surface area contributed by atoms with Crippen molar-refractivity contribution in [1.82, 2.24) is 5.32 Å². The molecule has 6 heteroatoms. The maximum Gasteiger partial charge on any atom is 0.338 e. The molecule has 1 aliphatic rings. The first-order valence-electron chi connectivity index (χ1n) is 9.52. The van der Waals surface area contributed by atoms with Crippen molar-refractivity contribution in [1.29, 1.82) is 0 Å². The van der Waals surface area contributed by atoms with Crippen molar-refractivity contribution in [3.05, 3.63) is 65.2 Å². The predicted octanol–water partition coefficient (Wildman–Crippen LogP) is 3.53. The van der Waals surface area contributed by atoms with Crippen molar-refractivity contribution >= 4 is 23.5 Å². The highest BCUT2D eigenvalue weighted by Gasteiger charge is 2.29. The second kappa shape index (κ2) is 9.17. The van der Waals surface area contributed by atoms with Gasteiger partial charge in [-0.05, 0) is 55.2 Å². The highest BCUT2D eigenvalue weighted by Crippen LogP contribution is 2.28. The first-order valence-corrected chi connectivity index (χ1v) is 9.52. The number of amides is 2. The molecule has 0 aliphatic heterocycles. The highest BCUT2D eigenvalue weighted by atomic mass is 16.5. The van der Waals surface area contributed by atoms with Gasteiger partial charge in [-0.2, -0.15) is 0 Å². The van der Waals surface area contributed by atoms with E-state index >= 15 is 0 Å². The van der Waals surface area contributed by atoms with Gasteiger partial charge in [-0.1, -0.05) is 25.1 Å². The molecule has 0 spiro atoms. The quantitative estimate of drug-likeness (QED) is 0.686. The summed E-state index contributed by atoms with van der Waals surface area (Å²) in [6.45, 7) is 2.75. The van der Waals surface area contributed by atoms with Gasteiger partial charge < -0.3 is 15.4 Å². The van der Waals surface area contributed by atoms with E-state index in [9.17, 15) is 14.4 Å². The molecule has 0 bridgehead atoms. The molecule has 0 atom stereocenters. The number of anilines is 1. The molecule has 2 aromatic rings. The molecule has 0 heterocycles. The normalized spacial score (nSPS) is 12.9. The van der Waals surface area contributed by atoms with E-state index in [4.69, 9.17) is 4.74 Å². The molecular formula is C22H24N2O4. The van der Waals surface area contributed by atoms with Gasteiger partial charge in [-0.25, -0.2) is 4.79 Å². The fourth-order valence-electron chi connectivity index (χ4n) is 2.66. The van der Waals surface area contributed by atoms with Crippen molar-refractivity contribution in [3.63, 3.8) is 0 Å². The molecule has 6 nitrogen and oxygen atoms in total. The molecule has 3 rings (SSSR count). The molecule has 2 aromatic carbocycles. The summed E-state index contributed by atoms with van der Waals surface area (Å²) in [6.07, 6.45) is 2.70. The second-order valence-electron chi connectivity index (χ2n) is 6.86. The zero-order chi connectivity index (χ0) is 19.9. The van der Waals surface area contributed by atoms with Gasteiger partial charge in [0.1, 0.15) is 0 Å². The van der Waals surface area contributed by atoms with Crippen LogP contribution in [0.2, 0.25) is 0 Å². The first-order chi connectivity index (χ1) is 13.6. The molecule has 0 saturated heterocycles. The Labute approximate surface area is 164 Å². The zero-order valence-corrected chi connectivity index (χ0v) is 15.9. The molecular weight excluding hydrogens is 356 g/mol. The number of benzene rings is 2. The van der Waals surface area contributed by atoms with Crippen LogP contribution in [0.15, 0.2) is 48.5 Å². The van der Waals surface area contributed by atoms with Gasteiger partial charge in [0.2, 0.25) is 5.91 Å². The lowest BCUT2D eigenvalue weighted by molar-refractivity contribution is -0.122. The molecule has 28 heavy (non-hydrogen) atoms. The lowest BCUT2D eigenvalue weighted by Gasteiger charge is -2.09. The Morgan fingerprint density at radius 2 is 1.79 bits per heavy atom. The smallest absolute Gasteiger partial charge is 0.338 e. The third-order valence-corrected chi connectivity index (χ3v) is 4.42. The third kappa shape index (κ3) is 5.42. The van der Waals surface area contributed by atoms with Crippen LogP contribution >= 0.6 is 0 Å². The number of hydrogen-bond donors (Lipinski definition) is 2. The van der Waals surface area contributed by atoms with Crippen molar-refractivity contribution in [2.45, 2.75) is 32.7 Å². The fourth-order valence-corrected chi connectivity index (χ4v) is 2.66. The van der Waals surface area contributed by atoms with Gasteiger partial charge in [0.25, 0.3) is 5.91 Å². The summed E-state index contributed by atoms with van der Waals surface area (Å²) in [5, 5.41) is 5.68. The maximum atomic E-state index is 12.4. The largest absolute Gasteiger partial charge is 0.462 e. The van der Waals surface area contributed by atoms with E-state index in [1.165, 1.54) is 0 Å². The van der Waals surface area contributed by atoms with Crippen LogP contribution in [-0.2, 0) is 16.1 Å². The summed E-state index contributed by atoms with van der Waals surface area (Å²) < 4.78 is 5.11. The van der Waals surface area contributed by atoms with E-state index in [1.54, 1.807) is 36.4 Å². The Morgan fingerprint density at radius 3 is 2.46 bits per heavy atom. The topological polar surface area (TPSA) is 84.5 Å². The average molecular weight is 380 g/mol. The number of nitrogens with one attached hydrogen (secondary N) is 2. The first kappa shape index (κ1) is 19.6. The average Bonchev–Trinajstić information content (AvgIpc) is 3.56. The number of esters is 1. The highest BCUT2D eigenvalue weighted by molar-refractivity contribution is 6.04. The Morgan fingerprint density at radius 1 is 1.04 bits per heavy atom. The van der Waals surface area contributed by atoms with E-state index in [0.717, 1.165) is 24.8 Å². The number of hydrogen-bond acceptors (Lipinski definition) is 4. The van der Waals surface area contributed by atoms with Crippen LogP contribution in [0.25, 0.3) is 0 Å². The maximum absolute atomic E-state index is 12.4. The minimum absolute atomic E-state index is 0.0964. The summed E-state index contributed by atoms with van der Waals surface area (Å²) in [7, 11) is 0. The van der Waals surface area contributed by atoms with E-state index in [0.29, 0.717) is 30.0 Å². The number of ether oxygens (including phenoxy) is 1. The van der Waals surface area contributed by atoms with E-state index in [1.807, 2.05) is 19.1 Å². The summed E-state index contributed by atoms with van der Waals surface area (Å²) in [4.78, 5) is 36.1. The lowest BCUT2D eigenvalue weighted by atomic mass is 10.1. The predicted molar refractivity (Wildman–Crippen MR) is 106 cm³/mol. The SMILES string of the molecule is CCCOC(=O)c1cccc(NC(=O)c2ccc(CNC(=O)C3CC3)cc2)c1. The van der Waals surface area contributed by atoms with Crippen LogP contribution in [0, 0.1) is 5.92 Å². The van der Waals surface area contributed by atoms with Crippen LogP contribution in [0.3, 0.4) is 0 Å². The summed E-state index contributed by atoms with van der Waals surface area (Å²) in [6, 6.07) is 13.7. The van der Waals surface area contributed by atoms with Gasteiger partial charge in [0, 0.05) is 23.7 Å². The van der Waals surface area contributed by atoms with Crippen molar-refractivity contribution in [2.75, 3.05) is 11.9 Å². The van der Waals surface area contributed by atoms with Crippen molar-refractivity contribution in [3.8, 4) is 0 Å². The Hall–Kier alpha value is -3.15. The number of carbonyl (C=O) groups excluding carboxylic acids is 3. The monoisotopic (exact) mass is 380 g/mol. The molecule has 0 unspecified atom stereocenters. The standard InChI is InChI=1S/C22H24N2O4/c1-2-12-28-22(27)18-4-3-5-19(13-18)24-21(26)17-8-6-15(7-9-17)14-23-20(25)16-10-11-16/h3-9,13,16H,2,10-12,14H2,1H3,(H,23,25)(H,24,26). The van der Waals surface area contributed by atoms with Crippen LogP contribution in [0.1, 0.15) is 52.5 Å². The molecule has 0 aromatic heterocycles. The molecule has 146 valence electrons. The van der Waals surface area contributed by atoms with Crippen LogP contribution in [0.5, 0.6) is 0 Å². The van der Waals surface area contributed by atoms with Gasteiger partial charge in [0.15, 0.2) is 0 Å².